The molecule has 0 bridgehead atoms. The van der Waals surface area contributed by atoms with Crippen molar-refractivity contribution in [3.8, 4) is 0 Å². The monoisotopic (exact) mass is 367 g/mol. The van der Waals surface area contributed by atoms with Crippen LogP contribution in [-0.4, -0.2) is 43.0 Å². The molecule has 2 saturated heterocycles. The molecule has 0 atom stereocenters. The van der Waals surface area contributed by atoms with Gasteiger partial charge in [-0.2, -0.15) is 0 Å². The number of aryl methyl sites for hydroxylation is 1. The van der Waals surface area contributed by atoms with Crippen molar-refractivity contribution in [3.05, 3.63) is 59.3 Å². The number of nitrogens with one attached hydrogen (secondary N) is 1. The largest absolute Gasteiger partial charge is 0.356 e. The van der Waals surface area contributed by atoms with E-state index in [1.807, 2.05) is 37.3 Å². The highest BCUT2D eigenvalue weighted by Crippen LogP contribution is 2.32. The van der Waals surface area contributed by atoms with Crippen LogP contribution in [0.2, 0.25) is 0 Å². The van der Waals surface area contributed by atoms with E-state index < -0.39 is 0 Å². The second-order valence-corrected chi connectivity index (χ2v) is 7.17. The van der Waals surface area contributed by atoms with Gasteiger partial charge in [-0.25, -0.2) is 4.98 Å². The predicted octanol–water partition coefficient (Wildman–Crippen LogP) is 2.66. The number of piperidine rings is 1. The quantitative estimate of drug-likeness (QED) is 0.900. The van der Waals surface area contributed by atoms with Crippen LogP contribution in [0.4, 0.5) is 5.82 Å². The lowest BCUT2D eigenvalue weighted by molar-refractivity contribution is -0.169. The summed E-state index contributed by atoms with van der Waals surface area (Å²) in [4.78, 5) is 19.1. The summed E-state index contributed by atoms with van der Waals surface area (Å²) in [5, 5.41) is 2.95. The Morgan fingerprint density at radius 2 is 1.96 bits per heavy atom. The molecule has 2 aromatic rings. The zero-order valence-electron chi connectivity index (χ0n) is 15.6. The minimum atomic E-state index is -0.383. The van der Waals surface area contributed by atoms with E-state index in [4.69, 9.17) is 9.47 Å². The molecule has 0 unspecified atom stereocenters. The number of benzene rings is 1. The number of hydrogen-bond donors (Lipinski definition) is 1. The van der Waals surface area contributed by atoms with Crippen molar-refractivity contribution in [2.24, 2.45) is 0 Å². The molecule has 1 amide bonds. The van der Waals surface area contributed by atoms with Crippen LogP contribution in [0, 0.1) is 6.92 Å². The average molecular weight is 367 g/mol. The summed E-state index contributed by atoms with van der Waals surface area (Å²) in [5.41, 5.74) is 2.85. The van der Waals surface area contributed by atoms with Crippen molar-refractivity contribution in [3.63, 3.8) is 0 Å². The number of hydrogen-bond acceptors (Lipinski definition) is 5. The third kappa shape index (κ3) is 4.12. The van der Waals surface area contributed by atoms with Gasteiger partial charge in [0.05, 0.1) is 18.8 Å². The van der Waals surface area contributed by atoms with E-state index in [1.54, 1.807) is 6.20 Å². The molecule has 0 saturated carbocycles. The first kappa shape index (κ1) is 17.9. The van der Waals surface area contributed by atoms with Crippen LogP contribution in [0.1, 0.15) is 34.3 Å². The van der Waals surface area contributed by atoms with Gasteiger partial charge in [-0.3, -0.25) is 4.79 Å². The SMILES string of the molecule is Cc1cccc(CNC(=O)c2ccc(N3CCC4(CC3)OCCO4)nc2)c1. The summed E-state index contributed by atoms with van der Waals surface area (Å²) in [6.07, 6.45) is 3.33. The predicted molar refractivity (Wildman–Crippen MR) is 103 cm³/mol. The zero-order valence-corrected chi connectivity index (χ0v) is 15.6. The van der Waals surface area contributed by atoms with Crippen LogP contribution in [0.3, 0.4) is 0 Å². The smallest absolute Gasteiger partial charge is 0.253 e. The number of amides is 1. The number of ether oxygens (including phenoxy) is 2. The highest BCUT2D eigenvalue weighted by Gasteiger charge is 2.39. The van der Waals surface area contributed by atoms with Gasteiger partial charge in [-0.15, -0.1) is 0 Å². The Morgan fingerprint density at radius 3 is 2.63 bits per heavy atom. The van der Waals surface area contributed by atoms with Crippen LogP contribution < -0.4 is 10.2 Å². The Bertz CT molecular complexity index is 791. The molecule has 6 heteroatoms. The van der Waals surface area contributed by atoms with Gasteiger partial charge in [0.25, 0.3) is 5.91 Å². The number of pyridine rings is 1. The van der Waals surface area contributed by atoms with E-state index in [2.05, 4.69) is 21.3 Å². The maximum atomic E-state index is 12.4. The van der Waals surface area contributed by atoms with Crippen molar-refractivity contribution in [2.45, 2.75) is 32.1 Å². The standard InChI is InChI=1S/C21H25N3O3/c1-16-3-2-4-17(13-16)14-23-20(25)18-5-6-19(22-15-18)24-9-7-21(8-10-24)26-11-12-27-21/h2-6,13,15H,7-12,14H2,1H3,(H,23,25). The van der Waals surface area contributed by atoms with Gasteiger partial charge in [-0.05, 0) is 24.6 Å². The van der Waals surface area contributed by atoms with E-state index in [0.29, 0.717) is 25.3 Å². The lowest BCUT2D eigenvalue weighted by atomic mass is 10.0. The van der Waals surface area contributed by atoms with Crippen molar-refractivity contribution in [2.75, 3.05) is 31.2 Å². The van der Waals surface area contributed by atoms with Crippen molar-refractivity contribution < 1.29 is 14.3 Å². The van der Waals surface area contributed by atoms with Gasteiger partial charge in [0.15, 0.2) is 5.79 Å². The van der Waals surface area contributed by atoms with Gasteiger partial charge in [0.2, 0.25) is 0 Å². The molecule has 142 valence electrons. The summed E-state index contributed by atoms with van der Waals surface area (Å²) >= 11 is 0. The minimum Gasteiger partial charge on any atom is -0.356 e. The first-order valence-electron chi connectivity index (χ1n) is 9.46. The molecule has 1 aromatic carbocycles. The molecular weight excluding hydrogens is 342 g/mol. The van der Waals surface area contributed by atoms with Crippen LogP contribution in [0.15, 0.2) is 42.6 Å². The van der Waals surface area contributed by atoms with Gasteiger partial charge in [0, 0.05) is 38.7 Å². The number of carbonyl (C=O) groups excluding carboxylic acids is 1. The average Bonchev–Trinajstić information content (AvgIpc) is 3.15. The first-order valence-corrected chi connectivity index (χ1v) is 9.46. The molecular formula is C21H25N3O3. The number of aromatic nitrogens is 1. The third-order valence-corrected chi connectivity index (χ3v) is 5.21. The first-order chi connectivity index (χ1) is 13.1. The fourth-order valence-electron chi connectivity index (χ4n) is 3.68. The normalized spacial score (nSPS) is 18.6. The lowest BCUT2D eigenvalue weighted by Crippen LogP contribution is -2.45. The molecule has 2 aliphatic rings. The van der Waals surface area contributed by atoms with Crippen molar-refractivity contribution in [1.82, 2.24) is 10.3 Å². The third-order valence-electron chi connectivity index (χ3n) is 5.21. The molecule has 6 nitrogen and oxygen atoms in total. The van der Waals surface area contributed by atoms with Gasteiger partial charge in [0.1, 0.15) is 5.82 Å². The summed E-state index contributed by atoms with van der Waals surface area (Å²) in [5.74, 6) is 0.394. The second-order valence-electron chi connectivity index (χ2n) is 7.17. The molecule has 4 rings (SSSR count). The number of carbonyl (C=O) groups is 1. The Morgan fingerprint density at radius 1 is 1.19 bits per heavy atom. The molecule has 0 aliphatic carbocycles. The molecule has 3 heterocycles. The van der Waals surface area contributed by atoms with Gasteiger partial charge >= 0.3 is 0 Å². The van der Waals surface area contributed by atoms with Crippen LogP contribution >= 0.6 is 0 Å². The van der Waals surface area contributed by atoms with Gasteiger partial charge < -0.3 is 19.7 Å². The van der Waals surface area contributed by atoms with E-state index in [0.717, 1.165) is 37.3 Å². The van der Waals surface area contributed by atoms with Crippen molar-refractivity contribution >= 4 is 11.7 Å². The van der Waals surface area contributed by atoms with Crippen molar-refractivity contribution in [1.29, 1.82) is 0 Å². The van der Waals surface area contributed by atoms with Gasteiger partial charge in [-0.1, -0.05) is 29.8 Å². The zero-order chi connectivity index (χ0) is 18.7. The highest BCUT2D eigenvalue weighted by atomic mass is 16.7. The Hall–Kier alpha value is -2.44. The van der Waals surface area contributed by atoms with E-state index in [1.165, 1.54) is 5.56 Å². The number of rotatable bonds is 4. The maximum absolute atomic E-state index is 12.4. The maximum Gasteiger partial charge on any atom is 0.253 e. The Kier molecular flexibility index (Phi) is 5.09. The highest BCUT2D eigenvalue weighted by molar-refractivity contribution is 5.94. The molecule has 1 spiro atoms. The van der Waals surface area contributed by atoms with E-state index >= 15 is 0 Å². The number of anilines is 1. The summed E-state index contributed by atoms with van der Waals surface area (Å²) in [6.45, 7) is 5.60. The lowest BCUT2D eigenvalue weighted by Gasteiger charge is -2.38. The summed E-state index contributed by atoms with van der Waals surface area (Å²) in [7, 11) is 0. The molecule has 2 aliphatic heterocycles. The summed E-state index contributed by atoms with van der Waals surface area (Å²) in [6, 6.07) is 11.9. The minimum absolute atomic E-state index is 0.110. The van der Waals surface area contributed by atoms with Crippen LogP contribution in [0.5, 0.6) is 0 Å². The van der Waals surface area contributed by atoms with Crippen LogP contribution in [0.25, 0.3) is 0 Å². The second kappa shape index (κ2) is 7.66. The molecule has 0 radical (unpaired) electrons. The van der Waals surface area contributed by atoms with E-state index in [9.17, 15) is 4.79 Å². The Labute approximate surface area is 159 Å². The fraction of sp³-hybridized carbons (Fsp3) is 0.429. The Balaban J connectivity index is 1.32. The fourth-order valence-corrected chi connectivity index (χ4v) is 3.68. The molecule has 27 heavy (non-hydrogen) atoms. The molecule has 2 fully saturated rings. The molecule has 1 N–H and O–H groups in total. The number of nitrogens with zero attached hydrogens (tertiary/aromatic N) is 2. The van der Waals surface area contributed by atoms with E-state index in [-0.39, 0.29) is 11.7 Å². The topological polar surface area (TPSA) is 63.7 Å². The summed E-state index contributed by atoms with van der Waals surface area (Å²) < 4.78 is 11.5. The van der Waals surface area contributed by atoms with Crippen LogP contribution in [-0.2, 0) is 16.0 Å². The molecule has 1 aromatic heterocycles.